The van der Waals surface area contributed by atoms with Crippen LogP contribution in [0.1, 0.15) is 39.5 Å². The summed E-state index contributed by atoms with van der Waals surface area (Å²) in [5.74, 6) is 1.28. The molecular weight excluding hydrogens is 178 g/mol. The van der Waals surface area contributed by atoms with Crippen LogP contribution in [0.3, 0.4) is 0 Å². The lowest BCUT2D eigenvalue weighted by Gasteiger charge is -2.30. The molecule has 1 saturated heterocycles. The topological polar surface area (TPSA) is 26.0 Å². The standard InChI is InChI=1S/C11H21NS/c1-4-9(2)8-10(12)11(3)6-5-7-13-11/h10H,2,4-8,12H2,1,3H3. The van der Waals surface area contributed by atoms with Gasteiger partial charge in [0.2, 0.25) is 0 Å². The van der Waals surface area contributed by atoms with Gasteiger partial charge in [-0.2, -0.15) is 11.8 Å². The van der Waals surface area contributed by atoms with Crippen LogP contribution in [0.5, 0.6) is 0 Å². The molecule has 1 rings (SSSR count). The van der Waals surface area contributed by atoms with Crippen LogP contribution in [0.25, 0.3) is 0 Å². The van der Waals surface area contributed by atoms with Gasteiger partial charge < -0.3 is 5.73 Å². The average molecular weight is 199 g/mol. The van der Waals surface area contributed by atoms with Gasteiger partial charge in [0.25, 0.3) is 0 Å². The molecule has 0 amide bonds. The third-order valence-electron chi connectivity index (χ3n) is 3.04. The maximum Gasteiger partial charge on any atom is 0.0286 e. The number of nitrogens with two attached hydrogens (primary N) is 1. The van der Waals surface area contributed by atoms with E-state index in [9.17, 15) is 0 Å². The Hall–Kier alpha value is 0.0500. The van der Waals surface area contributed by atoms with Crippen LogP contribution >= 0.6 is 11.8 Å². The van der Waals surface area contributed by atoms with E-state index in [4.69, 9.17) is 5.73 Å². The van der Waals surface area contributed by atoms with Crippen LogP contribution in [-0.2, 0) is 0 Å². The minimum atomic E-state index is 0.299. The molecule has 2 unspecified atom stereocenters. The smallest absolute Gasteiger partial charge is 0.0286 e. The van der Waals surface area contributed by atoms with E-state index in [0.717, 1.165) is 12.8 Å². The summed E-state index contributed by atoms with van der Waals surface area (Å²) in [4.78, 5) is 0. The first-order valence-electron chi connectivity index (χ1n) is 5.14. The van der Waals surface area contributed by atoms with Gasteiger partial charge in [0, 0.05) is 10.8 Å². The summed E-state index contributed by atoms with van der Waals surface area (Å²) < 4.78 is 0.318. The number of hydrogen-bond donors (Lipinski definition) is 1. The molecule has 1 aliphatic heterocycles. The van der Waals surface area contributed by atoms with Gasteiger partial charge >= 0.3 is 0 Å². The molecule has 1 nitrogen and oxygen atoms in total. The van der Waals surface area contributed by atoms with Crippen molar-refractivity contribution >= 4 is 11.8 Å². The zero-order valence-corrected chi connectivity index (χ0v) is 9.62. The Kier molecular flexibility index (Phi) is 3.87. The summed E-state index contributed by atoms with van der Waals surface area (Å²) in [5, 5.41) is 0. The molecule has 0 aromatic rings. The Morgan fingerprint density at radius 2 is 2.38 bits per heavy atom. The highest BCUT2D eigenvalue weighted by molar-refractivity contribution is 8.00. The van der Waals surface area contributed by atoms with Gasteiger partial charge in [-0.1, -0.05) is 19.1 Å². The van der Waals surface area contributed by atoms with E-state index in [-0.39, 0.29) is 0 Å². The Labute approximate surface area is 86.2 Å². The van der Waals surface area contributed by atoms with Crippen LogP contribution < -0.4 is 5.73 Å². The van der Waals surface area contributed by atoms with Gasteiger partial charge in [-0.25, -0.2) is 0 Å². The van der Waals surface area contributed by atoms with Crippen molar-refractivity contribution in [3.8, 4) is 0 Å². The van der Waals surface area contributed by atoms with E-state index in [0.29, 0.717) is 10.8 Å². The first-order chi connectivity index (χ1) is 6.08. The fourth-order valence-electron chi connectivity index (χ4n) is 1.76. The predicted octanol–water partition coefficient (Wildman–Crippen LogP) is 2.96. The van der Waals surface area contributed by atoms with Crippen molar-refractivity contribution in [2.24, 2.45) is 5.73 Å². The van der Waals surface area contributed by atoms with Crippen molar-refractivity contribution in [1.29, 1.82) is 0 Å². The van der Waals surface area contributed by atoms with Crippen LogP contribution in [0, 0.1) is 0 Å². The number of hydrogen-bond acceptors (Lipinski definition) is 2. The molecule has 0 aromatic carbocycles. The molecule has 13 heavy (non-hydrogen) atoms. The van der Waals surface area contributed by atoms with Crippen LogP contribution in [0.15, 0.2) is 12.2 Å². The zero-order chi connectivity index (χ0) is 9.90. The van der Waals surface area contributed by atoms with Crippen molar-refractivity contribution in [3.63, 3.8) is 0 Å². The lowest BCUT2D eigenvalue weighted by atomic mass is 9.91. The molecule has 2 N–H and O–H groups in total. The molecule has 2 atom stereocenters. The van der Waals surface area contributed by atoms with Gasteiger partial charge in [0.05, 0.1) is 0 Å². The fourth-order valence-corrected chi connectivity index (χ4v) is 3.11. The summed E-state index contributed by atoms with van der Waals surface area (Å²) in [7, 11) is 0. The molecule has 2 heteroatoms. The van der Waals surface area contributed by atoms with Gasteiger partial charge in [0.1, 0.15) is 0 Å². The zero-order valence-electron chi connectivity index (χ0n) is 8.81. The van der Waals surface area contributed by atoms with Gasteiger partial charge in [-0.05, 0) is 38.4 Å². The Bertz CT molecular complexity index is 183. The molecule has 0 saturated carbocycles. The first kappa shape index (κ1) is 11.1. The number of thioether (sulfide) groups is 1. The summed E-state index contributed by atoms with van der Waals surface area (Å²) >= 11 is 2.04. The monoisotopic (exact) mass is 199 g/mol. The third kappa shape index (κ3) is 2.75. The van der Waals surface area contributed by atoms with Crippen molar-refractivity contribution < 1.29 is 0 Å². The van der Waals surface area contributed by atoms with E-state index in [2.05, 4.69) is 20.4 Å². The molecular formula is C11H21NS. The molecule has 1 aliphatic rings. The first-order valence-corrected chi connectivity index (χ1v) is 6.13. The normalized spacial score (nSPS) is 30.4. The highest BCUT2D eigenvalue weighted by Crippen LogP contribution is 2.41. The van der Waals surface area contributed by atoms with Crippen molar-refractivity contribution in [1.82, 2.24) is 0 Å². The minimum Gasteiger partial charge on any atom is -0.326 e. The predicted molar refractivity (Wildman–Crippen MR) is 62.1 cm³/mol. The lowest BCUT2D eigenvalue weighted by Crippen LogP contribution is -2.41. The maximum absolute atomic E-state index is 6.21. The molecule has 0 aromatic heterocycles. The Morgan fingerprint density at radius 3 is 2.85 bits per heavy atom. The molecule has 0 bridgehead atoms. The minimum absolute atomic E-state index is 0.299. The van der Waals surface area contributed by atoms with E-state index in [1.165, 1.54) is 24.2 Å². The molecule has 0 spiro atoms. The second-order valence-corrected chi connectivity index (χ2v) is 5.81. The third-order valence-corrected chi connectivity index (χ3v) is 4.70. The second-order valence-electron chi connectivity index (χ2n) is 4.18. The van der Waals surface area contributed by atoms with Crippen LogP contribution in [-0.4, -0.2) is 16.5 Å². The summed E-state index contributed by atoms with van der Waals surface area (Å²) in [6.07, 6.45) is 4.66. The van der Waals surface area contributed by atoms with Gasteiger partial charge in [0.15, 0.2) is 0 Å². The van der Waals surface area contributed by atoms with Crippen LogP contribution in [0.4, 0.5) is 0 Å². The molecule has 1 fully saturated rings. The van der Waals surface area contributed by atoms with E-state index >= 15 is 0 Å². The molecule has 0 aliphatic carbocycles. The fraction of sp³-hybridized carbons (Fsp3) is 0.818. The summed E-state index contributed by atoms with van der Waals surface area (Å²) in [6.45, 7) is 8.48. The summed E-state index contributed by atoms with van der Waals surface area (Å²) in [5.41, 5.74) is 7.50. The van der Waals surface area contributed by atoms with E-state index < -0.39 is 0 Å². The van der Waals surface area contributed by atoms with Crippen LogP contribution in [0.2, 0.25) is 0 Å². The van der Waals surface area contributed by atoms with Gasteiger partial charge in [-0.3, -0.25) is 0 Å². The van der Waals surface area contributed by atoms with Crippen molar-refractivity contribution in [3.05, 3.63) is 12.2 Å². The van der Waals surface area contributed by atoms with Crippen molar-refractivity contribution in [2.75, 3.05) is 5.75 Å². The van der Waals surface area contributed by atoms with E-state index in [1.807, 2.05) is 11.8 Å². The quantitative estimate of drug-likeness (QED) is 0.704. The van der Waals surface area contributed by atoms with Crippen molar-refractivity contribution in [2.45, 2.75) is 50.3 Å². The average Bonchev–Trinajstić information content (AvgIpc) is 2.53. The number of rotatable bonds is 4. The Balaban J connectivity index is 2.46. The molecule has 0 radical (unpaired) electrons. The van der Waals surface area contributed by atoms with E-state index in [1.54, 1.807) is 0 Å². The molecule has 76 valence electrons. The van der Waals surface area contributed by atoms with Gasteiger partial charge in [-0.15, -0.1) is 0 Å². The highest BCUT2D eigenvalue weighted by Gasteiger charge is 2.35. The largest absolute Gasteiger partial charge is 0.326 e. The lowest BCUT2D eigenvalue weighted by molar-refractivity contribution is 0.478. The molecule has 1 heterocycles. The summed E-state index contributed by atoms with van der Waals surface area (Å²) in [6, 6.07) is 0.299. The SMILES string of the molecule is C=C(CC)CC(N)C1(C)CCCS1. The maximum atomic E-state index is 6.21. The Morgan fingerprint density at radius 1 is 1.69 bits per heavy atom. The second kappa shape index (κ2) is 4.52. The highest BCUT2D eigenvalue weighted by atomic mass is 32.2.